The molecular weight excluding hydrogens is 328 g/mol. The number of aliphatic hydroxyl groups is 3. The first-order chi connectivity index (χ1) is 12.1. The van der Waals surface area contributed by atoms with Crippen LogP contribution in [0.25, 0.3) is 0 Å². The summed E-state index contributed by atoms with van der Waals surface area (Å²) in [4.78, 5) is 13.3. The van der Waals surface area contributed by atoms with Crippen molar-refractivity contribution in [3.63, 3.8) is 0 Å². The molecule has 142 valence electrons. The predicted octanol–water partition coefficient (Wildman–Crippen LogP) is -4.02. The number of rotatable bonds is 11. The first-order valence-electron chi connectivity index (χ1n) is 9.04. The van der Waals surface area contributed by atoms with E-state index in [2.05, 4.69) is 21.3 Å². The molecule has 0 aromatic heterocycles. The summed E-state index contributed by atoms with van der Waals surface area (Å²) in [5.41, 5.74) is -1.88. The van der Waals surface area contributed by atoms with Crippen molar-refractivity contribution in [3.8, 4) is 0 Å². The molecule has 4 aliphatic heterocycles. The van der Waals surface area contributed by atoms with E-state index in [0.717, 1.165) is 26.2 Å². The van der Waals surface area contributed by atoms with Crippen molar-refractivity contribution in [1.82, 2.24) is 21.3 Å². The average Bonchev–Trinajstić information content (AvgIpc) is 3.48. The maximum absolute atomic E-state index is 13.3. The average molecular weight is 356 g/mol. The molecule has 0 spiro atoms. The second-order valence-electron chi connectivity index (χ2n) is 7.96. The predicted molar refractivity (Wildman–Crippen MR) is 87.7 cm³/mol. The lowest BCUT2D eigenvalue weighted by Gasteiger charge is -2.39. The third-order valence-corrected chi connectivity index (χ3v) is 6.14. The van der Waals surface area contributed by atoms with Crippen LogP contribution in [-0.4, -0.2) is 98.1 Å². The Morgan fingerprint density at radius 2 is 1.36 bits per heavy atom. The number of ether oxygens (including phenoxy) is 1. The zero-order valence-corrected chi connectivity index (χ0v) is 14.2. The number of nitrogens with one attached hydrogen (secondary N) is 4. The Kier molecular flexibility index (Phi) is 4.52. The molecule has 0 radical (unpaired) electrons. The molecule has 25 heavy (non-hydrogen) atoms. The molecule has 9 nitrogen and oxygen atoms in total. The fourth-order valence-electron chi connectivity index (χ4n) is 4.14. The maximum atomic E-state index is 13.3. The molecule has 0 bridgehead atoms. The molecule has 4 aliphatic rings. The topological polar surface area (TPSA) is 175 Å². The molecule has 4 atom stereocenters. The van der Waals surface area contributed by atoms with Crippen LogP contribution in [0.1, 0.15) is 0 Å². The lowest BCUT2D eigenvalue weighted by atomic mass is 9.66. The summed E-state index contributed by atoms with van der Waals surface area (Å²) in [6, 6.07) is 0.745. The van der Waals surface area contributed by atoms with Gasteiger partial charge in [-0.05, 0) is 0 Å². The molecule has 4 unspecified atom stereocenters. The van der Waals surface area contributed by atoms with Gasteiger partial charge in [0.05, 0.1) is 25.2 Å². The number of aliphatic hydroxyl groups excluding tert-OH is 3. The molecule has 0 aromatic carbocycles. The van der Waals surface area contributed by atoms with E-state index in [0.29, 0.717) is 12.1 Å². The number of hydrogen-bond donors (Lipinski definition) is 7. The Balaban J connectivity index is 1.57. The third-order valence-electron chi connectivity index (χ3n) is 6.14. The highest BCUT2D eigenvalue weighted by Crippen LogP contribution is 2.49. The summed E-state index contributed by atoms with van der Waals surface area (Å²) in [6.07, 6.45) is 0. The van der Waals surface area contributed by atoms with Crippen LogP contribution in [0.15, 0.2) is 0 Å². The third kappa shape index (κ3) is 3.08. The summed E-state index contributed by atoms with van der Waals surface area (Å²) >= 11 is 0. The van der Waals surface area contributed by atoms with Gasteiger partial charge in [0.1, 0.15) is 12.0 Å². The first-order valence-corrected chi connectivity index (χ1v) is 9.04. The Bertz CT molecular complexity index is 480. The smallest absolute Gasteiger partial charge is 0.315 e. The molecular formula is C16H28N4O5. The number of hydrogen-bond acceptors (Lipinski definition) is 9. The molecule has 0 amide bonds. The van der Waals surface area contributed by atoms with Gasteiger partial charge in [-0.3, -0.25) is 4.79 Å². The van der Waals surface area contributed by atoms with Crippen LogP contribution in [0.4, 0.5) is 0 Å². The van der Waals surface area contributed by atoms with Gasteiger partial charge >= 0.3 is 5.97 Å². The first kappa shape index (κ1) is 17.6. The van der Waals surface area contributed by atoms with E-state index in [1.165, 1.54) is 0 Å². The summed E-state index contributed by atoms with van der Waals surface area (Å²) < 4.78 is 5.63. The molecule has 4 fully saturated rings. The summed E-state index contributed by atoms with van der Waals surface area (Å²) in [5.74, 6) is -0.170. The lowest BCUT2D eigenvalue weighted by Crippen LogP contribution is -2.56. The monoisotopic (exact) mass is 356 g/mol. The highest BCUT2D eigenvalue weighted by molar-refractivity contribution is 5.81. The minimum Gasteiger partial charge on any atom is -0.464 e. The molecule has 9 heteroatoms. The van der Waals surface area contributed by atoms with Gasteiger partial charge in [0.25, 0.3) is 0 Å². The summed E-state index contributed by atoms with van der Waals surface area (Å²) in [5, 5.41) is 41.8. The van der Waals surface area contributed by atoms with Crippen LogP contribution in [0, 0.1) is 16.7 Å². The molecule has 4 saturated heterocycles. The highest BCUT2D eigenvalue weighted by atomic mass is 16.5. The van der Waals surface area contributed by atoms with E-state index in [4.69, 9.17) is 4.74 Å². The fourth-order valence-corrected chi connectivity index (χ4v) is 4.14. The Hall–Kier alpha value is -0.810. The SMILES string of the molecule is O=C(OCC(CO)(CO)CO)C(C1CN1)(C1CN1)C(C1CN1)C1CN1. The molecule has 4 rings (SSSR count). The molecule has 0 saturated carbocycles. The van der Waals surface area contributed by atoms with Crippen molar-refractivity contribution in [2.45, 2.75) is 24.2 Å². The standard InChI is InChI=1S/C16H28N4O5/c21-5-15(6-22,7-23)8-25-14(24)16(11-3-19-11,12-4-20-12)13(9-1-17-9)10-2-18-10/h9-13,17-23H,1-8H2. The lowest BCUT2D eigenvalue weighted by molar-refractivity contribution is -0.167. The van der Waals surface area contributed by atoms with Crippen LogP contribution < -0.4 is 21.3 Å². The van der Waals surface area contributed by atoms with E-state index >= 15 is 0 Å². The van der Waals surface area contributed by atoms with Crippen LogP contribution >= 0.6 is 0 Å². The molecule has 4 heterocycles. The van der Waals surface area contributed by atoms with Crippen molar-refractivity contribution in [1.29, 1.82) is 0 Å². The van der Waals surface area contributed by atoms with Gasteiger partial charge in [-0.2, -0.15) is 0 Å². The van der Waals surface area contributed by atoms with Gasteiger partial charge in [0.15, 0.2) is 0 Å². The van der Waals surface area contributed by atoms with E-state index < -0.39 is 30.7 Å². The quantitative estimate of drug-likeness (QED) is 0.144. The van der Waals surface area contributed by atoms with E-state index in [1.807, 2.05) is 0 Å². The Morgan fingerprint density at radius 1 is 0.920 bits per heavy atom. The normalized spacial score (nSPS) is 36.3. The Morgan fingerprint density at radius 3 is 1.68 bits per heavy atom. The van der Waals surface area contributed by atoms with Crippen molar-refractivity contribution >= 4 is 5.97 Å². The van der Waals surface area contributed by atoms with E-state index in [1.54, 1.807) is 0 Å². The fraction of sp³-hybridized carbons (Fsp3) is 0.938. The van der Waals surface area contributed by atoms with Crippen LogP contribution in [0.2, 0.25) is 0 Å². The van der Waals surface area contributed by atoms with Gasteiger partial charge in [-0.15, -0.1) is 0 Å². The summed E-state index contributed by atoms with van der Waals surface area (Å²) in [7, 11) is 0. The van der Waals surface area contributed by atoms with Gasteiger partial charge in [-0.1, -0.05) is 0 Å². The van der Waals surface area contributed by atoms with Gasteiger partial charge in [-0.25, -0.2) is 0 Å². The second kappa shape index (κ2) is 6.41. The highest BCUT2D eigenvalue weighted by Gasteiger charge is 2.69. The minimum absolute atomic E-state index is 0.0709. The zero-order chi connectivity index (χ0) is 17.7. The van der Waals surface area contributed by atoms with Gasteiger partial charge in [0, 0.05) is 56.3 Å². The molecule has 7 N–H and O–H groups in total. The van der Waals surface area contributed by atoms with Crippen LogP contribution in [0.3, 0.4) is 0 Å². The van der Waals surface area contributed by atoms with E-state index in [9.17, 15) is 20.1 Å². The number of carbonyl (C=O) groups is 1. The maximum Gasteiger partial charge on any atom is 0.315 e. The molecule has 0 aromatic rings. The Labute approximate surface area is 146 Å². The second-order valence-corrected chi connectivity index (χ2v) is 7.96. The van der Waals surface area contributed by atoms with Gasteiger partial charge in [0.2, 0.25) is 0 Å². The van der Waals surface area contributed by atoms with Crippen molar-refractivity contribution in [2.75, 3.05) is 52.6 Å². The van der Waals surface area contributed by atoms with E-state index in [-0.39, 0.29) is 30.6 Å². The van der Waals surface area contributed by atoms with Crippen molar-refractivity contribution < 1.29 is 24.9 Å². The minimum atomic E-state index is -1.21. The van der Waals surface area contributed by atoms with Crippen molar-refractivity contribution in [3.05, 3.63) is 0 Å². The van der Waals surface area contributed by atoms with Crippen LogP contribution in [-0.2, 0) is 9.53 Å². The zero-order valence-electron chi connectivity index (χ0n) is 14.2. The van der Waals surface area contributed by atoms with Crippen molar-refractivity contribution in [2.24, 2.45) is 16.7 Å². The molecule has 0 aliphatic carbocycles. The summed E-state index contributed by atoms with van der Waals surface area (Å²) in [6.45, 7) is 1.86. The number of carbonyl (C=O) groups excluding carboxylic acids is 1. The largest absolute Gasteiger partial charge is 0.464 e. The van der Waals surface area contributed by atoms with Crippen LogP contribution in [0.5, 0.6) is 0 Å². The van der Waals surface area contributed by atoms with Gasteiger partial charge < -0.3 is 41.3 Å². The number of esters is 1.